The highest BCUT2D eigenvalue weighted by molar-refractivity contribution is 7.15. The third-order valence-electron chi connectivity index (χ3n) is 3.56. The molecule has 4 rings (SSSR count). The Hall–Kier alpha value is -2.77. The van der Waals surface area contributed by atoms with Crippen LogP contribution in [0.15, 0.2) is 46.6 Å². The quantitative estimate of drug-likeness (QED) is 0.556. The standard InChI is InChI=1S/C18H13N3O2S2/c1-23-13-7-4-12(5-8-13)6-9-16-19-18-21(20-16)17(22)15(25-18)11-14-3-2-10-24-14/h2-11H,1H3/b9-6+,15-11+. The van der Waals surface area contributed by atoms with Crippen LogP contribution in [0.25, 0.3) is 23.2 Å². The molecule has 0 unspecified atom stereocenters. The minimum atomic E-state index is -0.134. The van der Waals surface area contributed by atoms with Crippen LogP contribution in [0, 0.1) is 0 Å². The Kier molecular flexibility index (Phi) is 4.17. The van der Waals surface area contributed by atoms with E-state index in [2.05, 4.69) is 10.1 Å². The summed E-state index contributed by atoms with van der Waals surface area (Å²) in [5.74, 6) is 1.32. The van der Waals surface area contributed by atoms with Gasteiger partial charge in [0.15, 0.2) is 5.82 Å². The number of methoxy groups -OCH3 is 1. The van der Waals surface area contributed by atoms with Gasteiger partial charge in [0.25, 0.3) is 5.56 Å². The number of hydrogen-bond acceptors (Lipinski definition) is 6. The van der Waals surface area contributed by atoms with Crippen LogP contribution in [0.3, 0.4) is 0 Å². The van der Waals surface area contributed by atoms with E-state index in [1.54, 1.807) is 24.5 Å². The maximum Gasteiger partial charge on any atom is 0.291 e. The van der Waals surface area contributed by atoms with Crippen molar-refractivity contribution in [2.24, 2.45) is 0 Å². The smallest absolute Gasteiger partial charge is 0.291 e. The summed E-state index contributed by atoms with van der Waals surface area (Å²) in [4.78, 5) is 18.5. The van der Waals surface area contributed by atoms with Crippen molar-refractivity contribution in [3.63, 3.8) is 0 Å². The highest BCUT2D eigenvalue weighted by Crippen LogP contribution is 2.14. The molecule has 7 heteroatoms. The lowest BCUT2D eigenvalue weighted by Gasteiger charge is -1.98. The fourth-order valence-electron chi connectivity index (χ4n) is 2.31. The molecule has 0 atom stereocenters. The lowest BCUT2D eigenvalue weighted by Crippen LogP contribution is -2.23. The molecule has 0 aliphatic rings. The summed E-state index contributed by atoms with van der Waals surface area (Å²) in [6.07, 6.45) is 5.58. The van der Waals surface area contributed by atoms with Crippen molar-refractivity contribution in [1.29, 1.82) is 0 Å². The molecule has 0 fully saturated rings. The first-order chi connectivity index (χ1) is 12.2. The van der Waals surface area contributed by atoms with Crippen molar-refractivity contribution >= 4 is 45.9 Å². The van der Waals surface area contributed by atoms with E-state index >= 15 is 0 Å². The summed E-state index contributed by atoms with van der Waals surface area (Å²) in [5.41, 5.74) is 0.873. The summed E-state index contributed by atoms with van der Waals surface area (Å²) >= 11 is 2.94. The fourth-order valence-corrected chi connectivity index (χ4v) is 3.95. The Morgan fingerprint density at radius 2 is 2.00 bits per heavy atom. The molecule has 5 nitrogen and oxygen atoms in total. The number of nitrogens with zero attached hydrogens (tertiary/aromatic N) is 3. The molecule has 3 heterocycles. The molecule has 0 spiro atoms. The molecule has 4 aromatic rings. The van der Waals surface area contributed by atoms with E-state index in [0.717, 1.165) is 16.2 Å². The van der Waals surface area contributed by atoms with Gasteiger partial charge >= 0.3 is 0 Å². The van der Waals surface area contributed by atoms with Gasteiger partial charge < -0.3 is 4.74 Å². The van der Waals surface area contributed by atoms with Crippen LogP contribution in [0.2, 0.25) is 0 Å². The third kappa shape index (κ3) is 3.24. The summed E-state index contributed by atoms with van der Waals surface area (Å²) < 4.78 is 7.14. The van der Waals surface area contributed by atoms with Gasteiger partial charge in [0.1, 0.15) is 5.75 Å². The number of benzene rings is 1. The second-order valence-corrected chi connectivity index (χ2v) is 7.19. The summed E-state index contributed by atoms with van der Waals surface area (Å²) in [5, 5.41) is 6.27. The van der Waals surface area contributed by atoms with Crippen molar-refractivity contribution in [1.82, 2.24) is 14.6 Å². The predicted octanol–water partition coefficient (Wildman–Crippen LogP) is 2.94. The molecule has 0 amide bonds. The topological polar surface area (TPSA) is 56.5 Å². The SMILES string of the molecule is COc1ccc(/C=C/c2nc3s/c(=C/c4cccs4)c(=O)n3n2)cc1. The van der Waals surface area contributed by atoms with Crippen molar-refractivity contribution in [2.75, 3.05) is 7.11 Å². The van der Waals surface area contributed by atoms with E-state index in [1.807, 2.05) is 53.9 Å². The van der Waals surface area contributed by atoms with Gasteiger partial charge in [0.05, 0.1) is 11.6 Å². The molecule has 0 bridgehead atoms. The molecule has 25 heavy (non-hydrogen) atoms. The normalized spacial score (nSPS) is 12.4. The van der Waals surface area contributed by atoms with Crippen molar-refractivity contribution in [2.45, 2.75) is 0 Å². The maximum absolute atomic E-state index is 12.4. The first-order valence-corrected chi connectivity index (χ1v) is 9.19. The van der Waals surface area contributed by atoms with E-state index in [4.69, 9.17) is 4.74 Å². The Labute approximate surface area is 151 Å². The molecule has 0 saturated heterocycles. The number of fused-ring (bicyclic) bond motifs is 1. The molecule has 0 saturated carbocycles. The number of aromatic nitrogens is 3. The van der Waals surface area contributed by atoms with Crippen molar-refractivity contribution < 1.29 is 4.74 Å². The highest BCUT2D eigenvalue weighted by atomic mass is 32.1. The average Bonchev–Trinajstić information content (AvgIpc) is 3.34. The molecular formula is C18H13N3O2S2. The molecule has 1 aromatic carbocycles. The van der Waals surface area contributed by atoms with Crippen LogP contribution < -0.4 is 14.8 Å². The maximum atomic E-state index is 12.4. The minimum absolute atomic E-state index is 0.134. The second-order valence-electron chi connectivity index (χ2n) is 5.20. The first kappa shape index (κ1) is 15.7. The molecule has 0 radical (unpaired) electrons. The van der Waals surface area contributed by atoms with Gasteiger partial charge in [0.2, 0.25) is 4.96 Å². The Morgan fingerprint density at radius 3 is 2.68 bits per heavy atom. The Morgan fingerprint density at radius 1 is 1.16 bits per heavy atom. The third-order valence-corrected chi connectivity index (χ3v) is 5.33. The first-order valence-electron chi connectivity index (χ1n) is 7.50. The van der Waals surface area contributed by atoms with Crippen molar-refractivity contribution in [3.05, 3.63) is 72.9 Å². The number of thiazole rings is 1. The van der Waals surface area contributed by atoms with Gasteiger partial charge in [-0.1, -0.05) is 35.6 Å². The van der Waals surface area contributed by atoms with Crippen molar-refractivity contribution in [3.8, 4) is 5.75 Å². The van der Waals surface area contributed by atoms with Crippen LogP contribution in [0.4, 0.5) is 0 Å². The van der Waals surface area contributed by atoms with Crippen LogP contribution in [0.1, 0.15) is 16.3 Å². The molecular weight excluding hydrogens is 354 g/mol. The van der Waals surface area contributed by atoms with Gasteiger partial charge in [-0.3, -0.25) is 4.79 Å². The largest absolute Gasteiger partial charge is 0.497 e. The lowest BCUT2D eigenvalue weighted by atomic mass is 10.2. The minimum Gasteiger partial charge on any atom is -0.497 e. The van der Waals surface area contributed by atoms with Gasteiger partial charge in [0, 0.05) is 4.88 Å². The summed E-state index contributed by atoms with van der Waals surface area (Å²) in [6.45, 7) is 0. The fraction of sp³-hybridized carbons (Fsp3) is 0.0556. The zero-order valence-electron chi connectivity index (χ0n) is 13.2. The lowest BCUT2D eigenvalue weighted by molar-refractivity contribution is 0.415. The zero-order chi connectivity index (χ0) is 17.2. The molecule has 0 aliphatic heterocycles. The monoisotopic (exact) mass is 367 g/mol. The van der Waals surface area contributed by atoms with E-state index in [0.29, 0.717) is 15.3 Å². The molecule has 0 N–H and O–H groups in total. The number of ether oxygens (including phenoxy) is 1. The van der Waals surface area contributed by atoms with Crippen LogP contribution in [0.5, 0.6) is 5.75 Å². The Bertz CT molecular complexity index is 1140. The summed E-state index contributed by atoms with van der Waals surface area (Å²) in [7, 11) is 1.64. The molecule has 124 valence electrons. The van der Waals surface area contributed by atoms with Gasteiger partial charge in [-0.15, -0.1) is 16.4 Å². The Balaban J connectivity index is 1.63. The van der Waals surface area contributed by atoms with Gasteiger partial charge in [-0.05, 0) is 41.3 Å². The highest BCUT2D eigenvalue weighted by Gasteiger charge is 2.08. The predicted molar refractivity (Wildman–Crippen MR) is 102 cm³/mol. The second kappa shape index (κ2) is 6.62. The van der Waals surface area contributed by atoms with Gasteiger partial charge in [-0.2, -0.15) is 9.50 Å². The number of thiophene rings is 1. The zero-order valence-corrected chi connectivity index (χ0v) is 14.9. The molecule has 0 aliphatic carbocycles. The van der Waals surface area contributed by atoms with E-state index in [9.17, 15) is 4.79 Å². The summed E-state index contributed by atoms with van der Waals surface area (Å²) in [6, 6.07) is 11.6. The van der Waals surface area contributed by atoms with E-state index in [-0.39, 0.29) is 5.56 Å². The number of rotatable bonds is 4. The van der Waals surface area contributed by atoms with Crippen LogP contribution in [-0.4, -0.2) is 21.7 Å². The molecule has 3 aromatic heterocycles. The number of hydrogen-bond donors (Lipinski definition) is 0. The average molecular weight is 367 g/mol. The van der Waals surface area contributed by atoms with Crippen LogP contribution in [-0.2, 0) is 0 Å². The van der Waals surface area contributed by atoms with Gasteiger partial charge in [-0.25, -0.2) is 0 Å². The van der Waals surface area contributed by atoms with E-state index in [1.165, 1.54) is 15.9 Å². The van der Waals surface area contributed by atoms with E-state index < -0.39 is 0 Å². The van der Waals surface area contributed by atoms with Crippen LogP contribution >= 0.6 is 22.7 Å².